The summed E-state index contributed by atoms with van der Waals surface area (Å²) in [5.41, 5.74) is 1.25. The highest BCUT2D eigenvalue weighted by Gasteiger charge is 2.32. The Labute approximate surface area is 127 Å². The smallest absolute Gasteiger partial charge is 0.203 e. The van der Waals surface area contributed by atoms with E-state index < -0.39 is 0 Å². The van der Waals surface area contributed by atoms with Crippen molar-refractivity contribution >= 4 is 28.3 Å². The van der Waals surface area contributed by atoms with Crippen LogP contribution < -0.4 is 5.32 Å². The molecule has 1 aromatic heterocycles. The molecule has 1 heterocycles. The van der Waals surface area contributed by atoms with E-state index in [2.05, 4.69) is 26.8 Å². The van der Waals surface area contributed by atoms with Crippen molar-refractivity contribution in [2.75, 3.05) is 12.4 Å². The highest BCUT2D eigenvalue weighted by atomic mass is 35.5. The Balaban J connectivity index is 1.75. The minimum atomic E-state index is 0.288. The minimum Gasteiger partial charge on any atom is -0.377 e. The Bertz CT molecular complexity index is 568. The summed E-state index contributed by atoms with van der Waals surface area (Å²) in [6, 6.07) is 8.32. The van der Waals surface area contributed by atoms with Crippen LogP contribution in [-0.2, 0) is 11.3 Å². The molecule has 1 saturated carbocycles. The van der Waals surface area contributed by atoms with Gasteiger partial charge in [-0.05, 0) is 36.5 Å². The maximum Gasteiger partial charge on any atom is 0.203 e. The van der Waals surface area contributed by atoms with Crippen LogP contribution in [0.2, 0.25) is 5.02 Å². The van der Waals surface area contributed by atoms with Gasteiger partial charge in [0.2, 0.25) is 5.13 Å². The molecule has 2 aromatic rings. The first-order valence-electron chi connectivity index (χ1n) is 6.60. The second-order valence-electron chi connectivity index (χ2n) is 4.96. The standard InChI is InChI=1S/C14H16ClN3OS/c1-19-8-12-16-14(20-18-12)17-13(9-2-3-9)10-4-6-11(15)7-5-10/h4-7,9,13H,2-3,8H2,1H3,(H,16,17,18). The van der Waals surface area contributed by atoms with Crippen molar-refractivity contribution in [3.8, 4) is 0 Å². The number of methoxy groups -OCH3 is 1. The van der Waals surface area contributed by atoms with Gasteiger partial charge in [0.15, 0.2) is 5.82 Å². The number of hydrogen-bond donors (Lipinski definition) is 1. The number of nitrogens with zero attached hydrogens (tertiary/aromatic N) is 2. The molecule has 4 nitrogen and oxygen atoms in total. The summed E-state index contributed by atoms with van der Waals surface area (Å²) < 4.78 is 9.31. The van der Waals surface area contributed by atoms with Crippen molar-refractivity contribution < 1.29 is 4.74 Å². The molecular weight excluding hydrogens is 294 g/mol. The van der Waals surface area contributed by atoms with E-state index in [0.717, 1.165) is 16.0 Å². The molecule has 1 fully saturated rings. The van der Waals surface area contributed by atoms with Gasteiger partial charge in [-0.3, -0.25) is 0 Å². The summed E-state index contributed by atoms with van der Waals surface area (Å²) in [6.45, 7) is 0.452. The van der Waals surface area contributed by atoms with E-state index in [-0.39, 0.29) is 6.04 Å². The third-order valence-electron chi connectivity index (χ3n) is 3.34. The Kier molecular flexibility index (Phi) is 4.19. The molecular formula is C14H16ClN3OS. The third kappa shape index (κ3) is 3.29. The van der Waals surface area contributed by atoms with E-state index in [1.165, 1.54) is 29.9 Å². The normalized spacial score (nSPS) is 16.1. The number of hydrogen-bond acceptors (Lipinski definition) is 5. The molecule has 6 heteroatoms. The van der Waals surface area contributed by atoms with Crippen molar-refractivity contribution in [3.63, 3.8) is 0 Å². The average Bonchev–Trinajstić information content (AvgIpc) is 3.19. The molecule has 1 unspecified atom stereocenters. The zero-order valence-corrected chi connectivity index (χ0v) is 12.7. The number of aromatic nitrogens is 2. The molecule has 0 radical (unpaired) electrons. The number of ether oxygens (including phenoxy) is 1. The fourth-order valence-corrected chi connectivity index (χ4v) is 2.94. The van der Waals surface area contributed by atoms with Crippen molar-refractivity contribution in [2.45, 2.75) is 25.5 Å². The third-order valence-corrected chi connectivity index (χ3v) is 4.28. The van der Waals surface area contributed by atoms with Crippen molar-refractivity contribution in [3.05, 3.63) is 40.7 Å². The lowest BCUT2D eigenvalue weighted by molar-refractivity contribution is 0.179. The highest BCUT2D eigenvalue weighted by Crippen LogP contribution is 2.43. The van der Waals surface area contributed by atoms with Crippen LogP contribution in [-0.4, -0.2) is 16.5 Å². The largest absolute Gasteiger partial charge is 0.377 e. The molecule has 1 aliphatic rings. The minimum absolute atomic E-state index is 0.288. The molecule has 1 atom stereocenters. The van der Waals surface area contributed by atoms with Gasteiger partial charge in [-0.15, -0.1) is 0 Å². The first kappa shape index (κ1) is 13.8. The Hall–Kier alpha value is -1.17. The van der Waals surface area contributed by atoms with Crippen LogP contribution >= 0.6 is 23.1 Å². The number of rotatable bonds is 6. The monoisotopic (exact) mass is 309 g/mol. The summed E-state index contributed by atoms with van der Waals surface area (Å²) in [7, 11) is 1.65. The van der Waals surface area contributed by atoms with Crippen molar-refractivity contribution in [2.24, 2.45) is 5.92 Å². The SMILES string of the molecule is COCc1nsc(NC(c2ccc(Cl)cc2)C2CC2)n1. The fraction of sp³-hybridized carbons (Fsp3) is 0.429. The van der Waals surface area contributed by atoms with Gasteiger partial charge in [0.25, 0.3) is 0 Å². The summed E-state index contributed by atoms with van der Waals surface area (Å²) in [6.07, 6.45) is 2.51. The average molecular weight is 310 g/mol. The molecule has 20 heavy (non-hydrogen) atoms. The quantitative estimate of drug-likeness (QED) is 0.879. The molecule has 0 spiro atoms. The lowest BCUT2D eigenvalue weighted by Gasteiger charge is -2.17. The van der Waals surface area contributed by atoms with E-state index in [1.54, 1.807) is 7.11 Å². The lowest BCUT2D eigenvalue weighted by atomic mass is 10.0. The zero-order valence-electron chi connectivity index (χ0n) is 11.2. The summed E-state index contributed by atoms with van der Waals surface area (Å²) in [5, 5.41) is 5.12. The molecule has 0 amide bonds. The molecule has 1 aromatic carbocycles. The molecule has 0 saturated heterocycles. The predicted molar refractivity (Wildman–Crippen MR) is 81.2 cm³/mol. The van der Waals surface area contributed by atoms with Gasteiger partial charge in [0.05, 0.1) is 6.04 Å². The topological polar surface area (TPSA) is 47.0 Å². The molecule has 1 N–H and O–H groups in total. The molecule has 1 aliphatic carbocycles. The maximum atomic E-state index is 5.96. The van der Waals surface area contributed by atoms with Gasteiger partial charge in [0, 0.05) is 23.7 Å². The van der Waals surface area contributed by atoms with E-state index >= 15 is 0 Å². The molecule has 0 bridgehead atoms. The predicted octanol–water partition coefficient (Wildman–Crippen LogP) is 3.90. The zero-order chi connectivity index (χ0) is 13.9. The second-order valence-corrected chi connectivity index (χ2v) is 6.15. The van der Waals surface area contributed by atoms with Crippen LogP contribution in [0.4, 0.5) is 5.13 Å². The van der Waals surface area contributed by atoms with Gasteiger partial charge in [-0.1, -0.05) is 23.7 Å². The lowest BCUT2D eigenvalue weighted by Crippen LogP contribution is -2.12. The van der Waals surface area contributed by atoms with Crippen LogP contribution in [0.15, 0.2) is 24.3 Å². The summed E-state index contributed by atoms with van der Waals surface area (Å²) in [4.78, 5) is 4.44. The number of benzene rings is 1. The molecule has 106 valence electrons. The first-order chi connectivity index (χ1) is 9.76. The number of halogens is 1. The van der Waals surface area contributed by atoms with E-state index in [4.69, 9.17) is 16.3 Å². The number of anilines is 1. The molecule has 3 rings (SSSR count). The van der Waals surface area contributed by atoms with E-state index in [0.29, 0.717) is 12.5 Å². The summed E-state index contributed by atoms with van der Waals surface area (Å²) in [5.74, 6) is 1.40. The Morgan fingerprint density at radius 1 is 1.40 bits per heavy atom. The molecule has 0 aliphatic heterocycles. The van der Waals surface area contributed by atoms with Crippen LogP contribution in [0.3, 0.4) is 0 Å². The highest BCUT2D eigenvalue weighted by molar-refractivity contribution is 7.09. The van der Waals surface area contributed by atoms with Crippen molar-refractivity contribution in [1.82, 2.24) is 9.36 Å². The Morgan fingerprint density at radius 2 is 2.15 bits per heavy atom. The maximum absolute atomic E-state index is 5.96. The van der Waals surface area contributed by atoms with E-state index in [1.807, 2.05) is 12.1 Å². The van der Waals surface area contributed by atoms with Gasteiger partial charge < -0.3 is 10.1 Å². The van der Waals surface area contributed by atoms with Crippen LogP contribution in [0, 0.1) is 5.92 Å². The Morgan fingerprint density at radius 3 is 2.80 bits per heavy atom. The van der Waals surface area contributed by atoms with E-state index in [9.17, 15) is 0 Å². The van der Waals surface area contributed by atoms with Gasteiger partial charge in [-0.25, -0.2) is 4.98 Å². The summed E-state index contributed by atoms with van der Waals surface area (Å²) >= 11 is 7.34. The number of nitrogens with one attached hydrogen (secondary N) is 1. The second kappa shape index (κ2) is 6.08. The van der Waals surface area contributed by atoms with Crippen molar-refractivity contribution in [1.29, 1.82) is 0 Å². The van der Waals surface area contributed by atoms with Crippen LogP contribution in [0.25, 0.3) is 0 Å². The van der Waals surface area contributed by atoms with Gasteiger partial charge >= 0.3 is 0 Å². The fourth-order valence-electron chi connectivity index (χ4n) is 2.21. The van der Waals surface area contributed by atoms with Gasteiger partial charge in [0.1, 0.15) is 6.61 Å². The van der Waals surface area contributed by atoms with Crippen LogP contribution in [0.5, 0.6) is 0 Å². The first-order valence-corrected chi connectivity index (χ1v) is 7.75. The van der Waals surface area contributed by atoms with Crippen LogP contribution in [0.1, 0.15) is 30.3 Å². The van der Waals surface area contributed by atoms with Gasteiger partial charge in [-0.2, -0.15) is 4.37 Å².